The van der Waals surface area contributed by atoms with Crippen LogP contribution >= 0.6 is 0 Å². The molecule has 2 nitrogen and oxygen atoms in total. The number of aryl methyl sites for hydroxylation is 1. The van der Waals surface area contributed by atoms with E-state index >= 15 is 0 Å². The SMILES string of the molecule is Cc1ccc2oc(C(O)c3ccc(C4CC4)cc3)cc2c1. The number of furan rings is 1. The Kier molecular flexibility index (Phi) is 2.86. The van der Waals surface area contributed by atoms with Crippen molar-refractivity contribution in [3.8, 4) is 0 Å². The highest BCUT2D eigenvalue weighted by Gasteiger charge is 2.23. The molecule has 4 rings (SSSR count). The molecule has 0 bridgehead atoms. The Morgan fingerprint density at radius 1 is 1.05 bits per heavy atom. The van der Waals surface area contributed by atoms with Crippen molar-refractivity contribution in [2.24, 2.45) is 0 Å². The lowest BCUT2D eigenvalue weighted by Crippen LogP contribution is -1.97. The first-order valence-electron chi connectivity index (χ1n) is 7.49. The molecule has 2 heteroatoms. The Bertz CT molecular complexity index is 779. The van der Waals surface area contributed by atoms with Crippen LogP contribution in [0, 0.1) is 6.92 Å². The minimum absolute atomic E-state index is 0.606. The molecule has 0 aliphatic heterocycles. The van der Waals surface area contributed by atoms with Gasteiger partial charge in [-0.15, -0.1) is 0 Å². The molecule has 1 heterocycles. The van der Waals surface area contributed by atoms with Crippen molar-refractivity contribution >= 4 is 11.0 Å². The van der Waals surface area contributed by atoms with Crippen LogP contribution in [0.1, 0.15) is 47.3 Å². The molecule has 0 radical (unpaired) electrons. The Balaban J connectivity index is 1.66. The third-order valence-corrected chi connectivity index (χ3v) is 4.26. The number of fused-ring (bicyclic) bond motifs is 1. The molecule has 1 aliphatic carbocycles. The van der Waals surface area contributed by atoms with E-state index in [1.807, 2.05) is 30.3 Å². The summed E-state index contributed by atoms with van der Waals surface area (Å²) in [7, 11) is 0. The number of aliphatic hydroxyl groups excluding tert-OH is 1. The van der Waals surface area contributed by atoms with E-state index < -0.39 is 6.10 Å². The number of hydrogen-bond donors (Lipinski definition) is 1. The molecule has 106 valence electrons. The zero-order valence-electron chi connectivity index (χ0n) is 12.0. The fourth-order valence-corrected chi connectivity index (χ4v) is 2.85. The van der Waals surface area contributed by atoms with E-state index in [9.17, 15) is 5.11 Å². The average molecular weight is 278 g/mol. The molecule has 1 saturated carbocycles. The summed E-state index contributed by atoms with van der Waals surface area (Å²) in [5, 5.41) is 11.6. The van der Waals surface area contributed by atoms with Crippen molar-refractivity contribution < 1.29 is 9.52 Å². The lowest BCUT2D eigenvalue weighted by atomic mass is 10.0. The van der Waals surface area contributed by atoms with E-state index in [4.69, 9.17) is 4.42 Å². The molecular formula is C19H18O2. The molecule has 1 fully saturated rings. The lowest BCUT2D eigenvalue weighted by molar-refractivity contribution is 0.192. The second kappa shape index (κ2) is 4.74. The van der Waals surface area contributed by atoms with E-state index in [1.165, 1.54) is 24.0 Å². The maximum absolute atomic E-state index is 10.5. The van der Waals surface area contributed by atoms with Gasteiger partial charge in [-0.2, -0.15) is 0 Å². The molecule has 1 unspecified atom stereocenters. The summed E-state index contributed by atoms with van der Waals surface area (Å²) in [5.74, 6) is 1.35. The van der Waals surface area contributed by atoms with Crippen molar-refractivity contribution in [3.05, 3.63) is 71.0 Å². The average Bonchev–Trinajstić information content (AvgIpc) is 3.26. The van der Waals surface area contributed by atoms with Crippen LogP contribution in [0.2, 0.25) is 0 Å². The van der Waals surface area contributed by atoms with Gasteiger partial charge >= 0.3 is 0 Å². The van der Waals surface area contributed by atoms with Gasteiger partial charge in [0.05, 0.1) is 0 Å². The van der Waals surface area contributed by atoms with Crippen LogP contribution in [0.4, 0.5) is 0 Å². The van der Waals surface area contributed by atoms with Gasteiger partial charge in [-0.3, -0.25) is 0 Å². The maximum Gasteiger partial charge on any atom is 0.138 e. The van der Waals surface area contributed by atoms with Crippen LogP contribution in [0.25, 0.3) is 11.0 Å². The smallest absolute Gasteiger partial charge is 0.138 e. The van der Waals surface area contributed by atoms with Gasteiger partial charge in [0.15, 0.2) is 0 Å². The minimum atomic E-state index is -0.703. The van der Waals surface area contributed by atoms with Gasteiger partial charge in [-0.05, 0) is 55.0 Å². The minimum Gasteiger partial charge on any atom is -0.458 e. The van der Waals surface area contributed by atoms with E-state index in [2.05, 4.69) is 25.1 Å². The van der Waals surface area contributed by atoms with Crippen molar-refractivity contribution in [1.82, 2.24) is 0 Å². The van der Waals surface area contributed by atoms with Crippen LogP contribution in [-0.4, -0.2) is 5.11 Å². The molecule has 0 saturated heterocycles. The van der Waals surface area contributed by atoms with Gasteiger partial charge in [-0.25, -0.2) is 0 Å². The zero-order chi connectivity index (χ0) is 14.4. The van der Waals surface area contributed by atoms with Crippen LogP contribution in [0.5, 0.6) is 0 Å². The highest BCUT2D eigenvalue weighted by atomic mass is 16.4. The number of hydrogen-bond acceptors (Lipinski definition) is 2. The molecule has 1 N–H and O–H groups in total. The first-order valence-corrected chi connectivity index (χ1v) is 7.49. The van der Waals surface area contributed by atoms with Crippen LogP contribution in [0.3, 0.4) is 0 Å². The topological polar surface area (TPSA) is 33.4 Å². The predicted molar refractivity (Wildman–Crippen MR) is 83.4 cm³/mol. The summed E-state index contributed by atoms with van der Waals surface area (Å²) < 4.78 is 5.78. The van der Waals surface area contributed by atoms with E-state index in [0.717, 1.165) is 22.5 Å². The fourth-order valence-electron chi connectivity index (χ4n) is 2.85. The largest absolute Gasteiger partial charge is 0.458 e. The molecule has 0 spiro atoms. The standard InChI is InChI=1S/C19H18O2/c1-12-2-9-17-16(10-12)11-18(21-17)19(20)15-7-5-14(6-8-15)13-3-4-13/h2,5-11,13,19-20H,3-4H2,1H3. The van der Waals surface area contributed by atoms with E-state index in [1.54, 1.807) is 0 Å². The predicted octanol–water partition coefficient (Wildman–Crippen LogP) is 4.70. The molecule has 21 heavy (non-hydrogen) atoms. The van der Waals surface area contributed by atoms with Crippen molar-refractivity contribution in [3.63, 3.8) is 0 Å². The van der Waals surface area contributed by atoms with Gasteiger partial charge < -0.3 is 9.52 Å². The van der Waals surface area contributed by atoms with Crippen LogP contribution < -0.4 is 0 Å². The summed E-state index contributed by atoms with van der Waals surface area (Å²) >= 11 is 0. The van der Waals surface area contributed by atoms with Gasteiger partial charge in [0.1, 0.15) is 17.4 Å². The fraction of sp³-hybridized carbons (Fsp3) is 0.263. The monoisotopic (exact) mass is 278 g/mol. The molecule has 1 atom stereocenters. The number of aliphatic hydroxyl groups is 1. The molecule has 3 aromatic rings. The Morgan fingerprint density at radius 3 is 2.52 bits per heavy atom. The molecule has 1 aliphatic rings. The van der Waals surface area contributed by atoms with Crippen molar-refractivity contribution in [2.75, 3.05) is 0 Å². The maximum atomic E-state index is 10.5. The molecular weight excluding hydrogens is 260 g/mol. The Labute approximate surface area is 124 Å². The molecule has 1 aromatic heterocycles. The van der Waals surface area contributed by atoms with E-state index in [-0.39, 0.29) is 0 Å². The summed E-state index contributed by atoms with van der Waals surface area (Å²) in [6.07, 6.45) is 1.89. The Morgan fingerprint density at radius 2 is 1.81 bits per heavy atom. The van der Waals surface area contributed by atoms with Crippen LogP contribution in [0.15, 0.2) is 52.9 Å². The van der Waals surface area contributed by atoms with Gasteiger partial charge in [0.25, 0.3) is 0 Å². The second-order valence-electron chi connectivity index (χ2n) is 6.03. The molecule has 0 amide bonds. The third kappa shape index (κ3) is 2.36. The summed E-state index contributed by atoms with van der Waals surface area (Å²) in [4.78, 5) is 0. The summed E-state index contributed by atoms with van der Waals surface area (Å²) in [6, 6.07) is 16.3. The number of benzene rings is 2. The summed E-state index contributed by atoms with van der Waals surface area (Å²) in [6.45, 7) is 2.05. The first kappa shape index (κ1) is 12.7. The normalized spacial score (nSPS) is 16.3. The van der Waals surface area contributed by atoms with Gasteiger partial charge in [-0.1, -0.05) is 35.9 Å². The zero-order valence-corrected chi connectivity index (χ0v) is 12.0. The summed E-state index contributed by atoms with van der Waals surface area (Å²) in [5.41, 5.74) is 4.28. The van der Waals surface area contributed by atoms with Crippen molar-refractivity contribution in [2.45, 2.75) is 31.8 Å². The van der Waals surface area contributed by atoms with Gasteiger partial charge in [0, 0.05) is 5.39 Å². The highest BCUT2D eigenvalue weighted by molar-refractivity contribution is 5.78. The number of rotatable bonds is 3. The highest BCUT2D eigenvalue weighted by Crippen LogP contribution is 2.40. The lowest BCUT2D eigenvalue weighted by Gasteiger charge is -2.08. The van der Waals surface area contributed by atoms with Crippen molar-refractivity contribution in [1.29, 1.82) is 0 Å². The van der Waals surface area contributed by atoms with Gasteiger partial charge in [0.2, 0.25) is 0 Å². The molecule has 2 aromatic carbocycles. The quantitative estimate of drug-likeness (QED) is 0.753. The first-order chi connectivity index (χ1) is 10.2. The Hall–Kier alpha value is -2.06. The third-order valence-electron chi connectivity index (χ3n) is 4.26. The van der Waals surface area contributed by atoms with Crippen LogP contribution in [-0.2, 0) is 0 Å². The second-order valence-corrected chi connectivity index (χ2v) is 6.03. The van der Waals surface area contributed by atoms with E-state index in [0.29, 0.717) is 5.76 Å².